The van der Waals surface area contributed by atoms with Gasteiger partial charge in [-0.1, -0.05) is 13.5 Å². The topological polar surface area (TPSA) is 12.0 Å². The van der Waals surface area contributed by atoms with Crippen LogP contribution in [0.2, 0.25) is 0 Å². The second-order valence-corrected chi connectivity index (χ2v) is 1.80. The van der Waals surface area contributed by atoms with Gasteiger partial charge in [0.1, 0.15) is 0 Å². The van der Waals surface area contributed by atoms with Crippen LogP contribution in [0.3, 0.4) is 0 Å². The maximum Gasteiger partial charge on any atom is 0 e. The van der Waals surface area contributed by atoms with Gasteiger partial charge in [0.05, 0.1) is 0 Å². The second kappa shape index (κ2) is 12.8. The zero-order valence-corrected chi connectivity index (χ0v) is 11.9. The fourth-order valence-corrected chi connectivity index (χ4v) is 0.319. The van der Waals surface area contributed by atoms with E-state index in [4.69, 9.17) is 0 Å². The van der Waals surface area contributed by atoms with E-state index in [2.05, 4.69) is 19.2 Å². The van der Waals surface area contributed by atoms with Crippen molar-refractivity contribution < 1.29 is 65.4 Å². The molecule has 3 heteroatoms. The summed E-state index contributed by atoms with van der Waals surface area (Å²) in [5.74, 6) is 0.510. The van der Waals surface area contributed by atoms with Crippen LogP contribution in [-0.4, -0.2) is 6.54 Å². The summed E-state index contributed by atoms with van der Waals surface area (Å²) in [6.45, 7) is 10.8. The first-order chi connectivity index (χ1) is 3.27. The largest absolute Gasteiger partial charge is 0.472 e. The van der Waals surface area contributed by atoms with Crippen molar-refractivity contribution in [2.75, 3.05) is 6.54 Å². The van der Waals surface area contributed by atoms with Crippen LogP contribution in [0.15, 0.2) is 0 Å². The molecule has 0 aromatic carbocycles. The Morgan fingerprint density at radius 2 is 2.00 bits per heavy atom. The molecule has 0 aromatic heterocycles. The van der Waals surface area contributed by atoms with E-state index in [1.807, 2.05) is 13.5 Å². The first-order valence-corrected chi connectivity index (χ1v) is 2.61. The zero-order chi connectivity index (χ0) is 5.70. The Morgan fingerprint density at radius 3 is 2.11 bits per heavy atom. The quantitative estimate of drug-likeness (QED) is 0.765. The molecule has 0 rings (SSSR count). The molecule has 2 radical (unpaired) electrons. The van der Waals surface area contributed by atoms with E-state index < -0.39 is 0 Å². The number of hydrogen-bond acceptors (Lipinski definition) is 1. The van der Waals surface area contributed by atoms with Crippen molar-refractivity contribution in [2.24, 2.45) is 5.92 Å². The molecule has 0 spiro atoms. The van der Waals surface area contributed by atoms with E-state index in [9.17, 15) is 0 Å². The third-order valence-electron chi connectivity index (χ3n) is 0.670. The van der Waals surface area contributed by atoms with Crippen LogP contribution in [-0.2, 0) is 65.4 Å². The molecular weight excluding hydrogens is 264 g/mol. The van der Waals surface area contributed by atoms with Gasteiger partial charge in [0.2, 0.25) is 0 Å². The number of nitrogens with one attached hydrogen (secondary N) is 1. The van der Waals surface area contributed by atoms with Crippen molar-refractivity contribution in [2.45, 2.75) is 13.8 Å². The summed E-state index contributed by atoms with van der Waals surface area (Å²) in [5.41, 5.74) is 0. The van der Waals surface area contributed by atoms with Crippen LogP contribution in [0.4, 0.5) is 0 Å². The molecule has 0 saturated carbocycles. The molecule has 0 aliphatic carbocycles. The standard InChI is InChI=1S/C6H13N.2Y/c1-4-7-5-6(2)3;;/h4,6-7H,2,5H2,1,3H3;;/q-2;;/t6-;;/m1../s1. The zero-order valence-electron chi connectivity index (χ0n) is 6.22. The van der Waals surface area contributed by atoms with Crippen molar-refractivity contribution in [3.63, 3.8) is 0 Å². The fraction of sp³-hybridized carbons (Fsp3) is 0.667. The Morgan fingerprint density at radius 1 is 1.56 bits per heavy atom. The molecule has 0 fully saturated rings. The van der Waals surface area contributed by atoms with E-state index in [1.165, 1.54) is 0 Å². The molecule has 0 amide bonds. The third kappa shape index (κ3) is 17.8. The summed E-state index contributed by atoms with van der Waals surface area (Å²) >= 11 is 0. The predicted molar refractivity (Wildman–Crippen MR) is 32.5 cm³/mol. The molecule has 50 valence electrons. The predicted octanol–water partition coefficient (Wildman–Crippen LogP) is 1.22. The van der Waals surface area contributed by atoms with Gasteiger partial charge in [0.15, 0.2) is 0 Å². The average Bonchev–Trinajstić information content (AvgIpc) is 1.61. The maximum atomic E-state index is 3.79. The number of hydrogen-bond donors (Lipinski definition) is 1. The fourth-order valence-electron chi connectivity index (χ4n) is 0.319. The molecule has 0 bridgehead atoms. The van der Waals surface area contributed by atoms with Crippen molar-refractivity contribution in [3.8, 4) is 0 Å². The molecule has 0 aromatic rings. The van der Waals surface area contributed by atoms with Gasteiger partial charge >= 0.3 is 0 Å². The SMILES string of the molecule is [CH2-][C@H](C)CN[CH-]C.[Y].[Y]. The first-order valence-electron chi connectivity index (χ1n) is 2.61. The van der Waals surface area contributed by atoms with Gasteiger partial charge in [-0.25, -0.2) is 0 Å². The van der Waals surface area contributed by atoms with Crippen LogP contribution >= 0.6 is 0 Å². The molecule has 1 nitrogen and oxygen atoms in total. The van der Waals surface area contributed by atoms with Gasteiger partial charge < -0.3 is 12.2 Å². The number of rotatable bonds is 3. The van der Waals surface area contributed by atoms with Crippen molar-refractivity contribution in [1.82, 2.24) is 5.32 Å². The summed E-state index contributed by atoms with van der Waals surface area (Å²) < 4.78 is 0. The molecular formula is C6H13NY2-2. The molecule has 0 heterocycles. The van der Waals surface area contributed by atoms with Crippen molar-refractivity contribution in [3.05, 3.63) is 13.5 Å². The summed E-state index contributed by atoms with van der Waals surface area (Å²) in [6.07, 6.45) is 0. The monoisotopic (exact) mass is 277 g/mol. The van der Waals surface area contributed by atoms with E-state index in [0.717, 1.165) is 6.54 Å². The Kier molecular flexibility index (Phi) is 24.6. The molecule has 1 N–H and O–H groups in total. The Bertz CT molecular complexity index is 40.0. The van der Waals surface area contributed by atoms with Gasteiger partial charge in [-0.05, 0) is 0 Å². The summed E-state index contributed by atoms with van der Waals surface area (Å²) in [7, 11) is 0. The Balaban J connectivity index is -0.000000180. The van der Waals surface area contributed by atoms with Crippen LogP contribution in [0.1, 0.15) is 13.8 Å². The van der Waals surface area contributed by atoms with Gasteiger partial charge in [-0.15, -0.1) is 0 Å². The first kappa shape index (κ1) is 17.3. The van der Waals surface area contributed by atoms with Crippen LogP contribution in [0.5, 0.6) is 0 Å². The maximum absolute atomic E-state index is 3.79. The molecule has 0 saturated heterocycles. The minimum atomic E-state index is 0. The average molecular weight is 277 g/mol. The third-order valence-corrected chi connectivity index (χ3v) is 0.670. The minimum Gasteiger partial charge on any atom is -0.472 e. The van der Waals surface area contributed by atoms with Crippen molar-refractivity contribution >= 4 is 0 Å². The van der Waals surface area contributed by atoms with Gasteiger partial charge in [0.25, 0.3) is 0 Å². The van der Waals surface area contributed by atoms with E-state index >= 15 is 0 Å². The van der Waals surface area contributed by atoms with Crippen molar-refractivity contribution in [1.29, 1.82) is 0 Å². The van der Waals surface area contributed by atoms with Crippen LogP contribution in [0, 0.1) is 19.4 Å². The van der Waals surface area contributed by atoms with E-state index in [-0.39, 0.29) is 65.4 Å². The summed E-state index contributed by atoms with van der Waals surface area (Å²) in [4.78, 5) is 0. The molecule has 0 aliphatic rings. The Hall–Kier alpha value is 2.17. The normalized spacial score (nSPS) is 11.0. The minimum absolute atomic E-state index is 0. The molecule has 9 heavy (non-hydrogen) atoms. The molecule has 1 atom stereocenters. The van der Waals surface area contributed by atoms with Gasteiger partial charge in [-0.2, -0.15) is 12.8 Å². The van der Waals surface area contributed by atoms with Crippen LogP contribution in [0.25, 0.3) is 0 Å². The second-order valence-electron chi connectivity index (χ2n) is 1.80. The summed E-state index contributed by atoms with van der Waals surface area (Å²) in [5, 5.41) is 3.06. The van der Waals surface area contributed by atoms with Gasteiger partial charge in [0, 0.05) is 65.4 Å². The van der Waals surface area contributed by atoms with Crippen LogP contribution < -0.4 is 5.32 Å². The van der Waals surface area contributed by atoms with E-state index in [0.29, 0.717) is 5.92 Å². The van der Waals surface area contributed by atoms with Gasteiger partial charge in [-0.3, -0.25) is 6.54 Å². The summed E-state index contributed by atoms with van der Waals surface area (Å²) in [6, 6.07) is 0. The smallest absolute Gasteiger partial charge is 0 e. The van der Waals surface area contributed by atoms with E-state index in [1.54, 1.807) is 0 Å². The molecule has 0 aliphatic heterocycles. The molecule has 0 unspecified atom stereocenters. The Labute approximate surface area is 109 Å².